The zero-order chi connectivity index (χ0) is 16.8. The molecule has 1 aromatic heterocycles. The topological polar surface area (TPSA) is 59.4 Å². The minimum Gasteiger partial charge on any atom is -0.376 e. The van der Waals surface area contributed by atoms with Crippen molar-refractivity contribution in [1.29, 1.82) is 0 Å². The van der Waals surface area contributed by atoms with Gasteiger partial charge in [0, 0.05) is 38.5 Å². The summed E-state index contributed by atoms with van der Waals surface area (Å²) in [5.41, 5.74) is 2.02. The van der Waals surface area contributed by atoms with E-state index in [4.69, 9.17) is 4.74 Å². The van der Waals surface area contributed by atoms with Gasteiger partial charge < -0.3 is 15.0 Å². The van der Waals surface area contributed by atoms with Crippen LogP contribution in [-0.4, -0.2) is 46.5 Å². The molecule has 2 rings (SSSR count). The standard InChI is InChI=1S/C17H30N4O2/c1-5-9-21(11-15-8-6-7-10-23-15)17(22)18-13(2)16-12-20(4)19-14(16)3/h12-13,15H,5-11H2,1-4H3,(H,18,22)/t13-,15-/m1/s1. The molecule has 1 aliphatic heterocycles. The Kier molecular flexibility index (Phi) is 6.45. The van der Waals surface area contributed by atoms with E-state index in [1.54, 1.807) is 4.68 Å². The third-order valence-electron chi connectivity index (χ3n) is 4.34. The zero-order valence-electron chi connectivity index (χ0n) is 14.8. The van der Waals surface area contributed by atoms with Gasteiger partial charge in [-0.2, -0.15) is 5.10 Å². The van der Waals surface area contributed by atoms with Crippen LogP contribution in [0.4, 0.5) is 4.79 Å². The van der Waals surface area contributed by atoms with E-state index in [0.29, 0.717) is 6.54 Å². The number of hydrogen-bond donors (Lipinski definition) is 1. The van der Waals surface area contributed by atoms with Crippen molar-refractivity contribution in [3.63, 3.8) is 0 Å². The minimum atomic E-state index is -0.0529. The van der Waals surface area contributed by atoms with Crippen molar-refractivity contribution >= 4 is 6.03 Å². The summed E-state index contributed by atoms with van der Waals surface area (Å²) in [6.07, 6.45) is 6.46. The molecule has 0 bridgehead atoms. The molecular weight excluding hydrogens is 292 g/mol. The Hall–Kier alpha value is -1.56. The van der Waals surface area contributed by atoms with Gasteiger partial charge in [-0.05, 0) is 39.5 Å². The predicted octanol–water partition coefficient (Wildman–Crippen LogP) is 2.78. The highest BCUT2D eigenvalue weighted by Gasteiger charge is 2.23. The van der Waals surface area contributed by atoms with Gasteiger partial charge in [0.15, 0.2) is 0 Å². The van der Waals surface area contributed by atoms with Gasteiger partial charge in [-0.15, -0.1) is 0 Å². The first-order valence-corrected chi connectivity index (χ1v) is 8.68. The van der Waals surface area contributed by atoms with E-state index in [9.17, 15) is 4.79 Å². The number of carbonyl (C=O) groups is 1. The molecule has 0 aliphatic carbocycles. The van der Waals surface area contributed by atoms with Gasteiger partial charge in [-0.3, -0.25) is 4.68 Å². The summed E-state index contributed by atoms with van der Waals surface area (Å²) >= 11 is 0. The quantitative estimate of drug-likeness (QED) is 0.876. The molecule has 6 heteroatoms. The fourth-order valence-corrected chi connectivity index (χ4v) is 3.14. The number of carbonyl (C=O) groups excluding carboxylic acids is 1. The summed E-state index contributed by atoms with van der Waals surface area (Å²) in [7, 11) is 1.90. The average Bonchev–Trinajstić information content (AvgIpc) is 2.86. The van der Waals surface area contributed by atoms with Crippen molar-refractivity contribution in [2.24, 2.45) is 7.05 Å². The van der Waals surface area contributed by atoms with Crippen LogP contribution < -0.4 is 5.32 Å². The number of rotatable bonds is 6. The van der Waals surface area contributed by atoms with Crippen molar-refractivity contribution in [1.82, 2.24) is 20.0 Å². The largest absolute Gasteiger partial charge is 0.376 e. The maximum absolute atomic E-state index is 12.6. The molecule has 6 nitrogen and oxygen atoms in total. The lowest BCUT2D eigenvalue weighted by Gasteiger charge is -2.30. The van der Waals surface area contributed by atoms with Crippen LogP contribution in [0.3, 0.4) is 0 Å². The molecule has 2 atom stereocenters. The van der Waals surface area contributed by atoms with E-state index in [-0.39, 0.29) is 18.2 Å². The van der Waals surface area contributed by atoms with Crippen molar-refractivity contribution in [2.75, 3.05) is 19.7 Å². The number of nitrogens with zero attached hydrogens (tertiary/aromatic N) is 3. The molecule has 0 aromatic carbocycles. The summed E-state index contributed by atoms with van der Waals surface area (Å²) in [6.45, 7) is 8.32. The van der Waals surface area contributed by atoms with Crippen molar-refractivity contribution in [2.45, 2.75) is 58.6 Å². The normalized spacial score (nSPS) is 19.4. The Labute approximate surface area is 139 Å². The summed E-state index contributed by atoms with van der Waals surface area (Å²) in [4.78, 5) is 14.5. The Morgan fingerprint density at radius 3 is 2.91 bits per heavy atom. The molecule has 130 valence electrons. The molecular formula is C17H30N4O2. The van der Waals surface area contributed by atoms with Crippen molar-refractivity contribution in [3.05, 3.63) is 17.5 Å². The maximum Gasteiger partial charge on any atom is 0.317 e. The predicted molar refractivity (Wildman–Crippen MR) is 90.3 cm³/mol. The number of urea groups is 1. The van der Waals surface area contributed by atoms with Gasteiger partial charge in [0.1, 0.15) is 0 Å². The monoisotopic (exact) mass is 322 g/mol. The Bertz CT molecular complexity index is 509. The second-order valence-electron chi connectivity index (χ2n) is 6.45. The van der Waals surface area contributed by atoms with Crippen molar-refractivity contribution in [3.8, 4) is 0 Å². The minimum absolute atomic E-state index is 0.0169. The van der Waals surface area contributed by atoms with E-state index < -0.39 is 0 Å². The van der Waals surface area contributed by atoms with E-state index in [1.165, 1.54) is 6.42 Å². The van der Waals surface area contributed by atoms with Crippen LogP contribution in [0.2, 0.25) is 0 Å². The highest BCUT2D eigenvalue weighted by Crippen LogP contribution is 2.17. The first-order valence-electron chi connectivity index (χ1n) is 8.68. The molecule has 1 aliphatic rings. The smallest absolute Gasteiger partial charge is 0.317 e. The van der Waals surface area contributed by atoms with Crippen LogP contribution in [-0.2, 0) is 11.8 Å². The van der Waals surface area contributed by atoms with Crippen LogP contribution in [0.5, 0.6) is 0 Å². The van der Waals surface area contributed by atoms with Gasteiger partial charge in [0.25, 0.3) is 0 Å². The second-order valence-corrected chi connectivity index (χ2v) is 6.45. The fraction of sp³-hybridized carbons (Fsp3) is 0.765. The van der Waals surface area contributed by atoms with Gasteiger partial charge in [0.05, 0.1) is 17.8 Å². The maximum atomic E-state index is 12.6. The van der Waals surface area contributed by atoms with Gasteiger partial charge >= 0.3 is 6.03 Å². The number of nitrogens with one attached hydrogen (secondary N) is 1. The second kappa shape index (κ2) is 8.34. The molecule has 1 fully saturated rings. The molecule has 0 spiro atoms. The fourth-order valence-electron chi connectivity index (χ4n) is 3.14. The van der Waals surface area contributed by atoms with E-state index in [1.807, 2.05) is 32.0 Å². The lowest BCUT2D eigenvalue weighted by atomic mass is 10.1. The molecule has 23 heavy (non-hydrogen) atoms. The molecule has 2 heterocycles. The molecule has 1 N–H and O–H groups in total. The van der Waals surface area contributed by atoms with Crippen LogP contribution >= 0.6 is 0 Å². The third kappa shape index (κ3) is 4.96. The number of aromatic nitrogens is 2. The number of ether oxygens (including phenoxy) is 1. The van der Waals surface area contributed by atoms with Crippen LogP contribution in [0.15, 0.2) is 6.20 Å². The Balaban J connectivity index is 1.95. The summed E-state index contributed by atoms with van der Waals surface area (Å²) in [5, 5.41) is 7.45. The first-order chi connectivity index (χ1) is 11.0. The van der Waals surface area contributed by atoms with E-state index >= 15 is 0 Å². The summed E-state index contributed by atoms with van der Waals surface area (Å²) < 4.78 is 7.57. The van der Waals surface area contributed by atoms with Crippen LogP contribution in [0.1, 0.15) is 56.8 Å². The van der Waals surface area contributed by atoms with E-state index in [0.717, 1.165) is 43.7 Å². The summed E-state index contributed by atoms with van der Waals surface area (Å²) in [6, 6.07) is -0.0698. The van der Waals surface area contributed by atoms with Gasteiger partial charge in [-0.25, -0.2) is 4.79 Å². The van der Waals surface area contributed by atoms with E-state index in [2.05, 4.69) is 17.3 Å². The lowest BCUT2D eigenvalue weighted by molar-refractivity contribution is 0.000565. The number of amides is 2. The molecule has 0 radical (unpaired) electrons. The Morgan fingerprint density at radius 2 is 2.35 bits per heavy atom. The highest BCUT2D eigenvalue weighted by atomic mass is 16.5. The van der Waals surface area contributed by atoms with Gasteiger partial charge in [-0.1, -0.05) is 6.92 Å². The molecule has 2 amide bonds. The van der Waals surface area contributed by atoms with Crippen LogP contribution in [0, 0.1) is 6.92 Å². The Morgan fingerprint density at radius 1 is 1.57 bits per heavy atom. The third-order valence-corrected chi connectivity index (χ3v) is 4.34. The molecule has 0 saturated carbocycles. The highest BCUT2D eigenvalue weighted by molar-refractivity contribution is 5.74. The van der Waals surface area contributed by atoms with Crippen LogP contribution in [0.25, 0.3) is 0 Å². The zero-order valence-corrected chi connectivity index (χ0v) is 14.8. The molecule has 1 saturated heterocycles. The average molecular weight is 322 g/mol. The van der Waals surface area contributed by atoms with Crippen molar-refractivity contribution < 1.29 is 9.53 Å². The number of aryl methyl sites for hydroxylation is 2. The number of hydrogen-bond acceptors (Lipinski definition) is 3. The molecule has 1 aromatic rings. The SMILES string of the molecule is CCCN(C[C@H]1CCCCO1)C(=O)N[C@H](C)c1cn(C)nc1C. The molecule has 0 unspecified atom stereocenters. The van der Waals surface area contributed by atoms with Gasteiger partial charge in [0.2, 0.25) is 0 Å². The lowest BCUT2D eigenvalue weighted by Crippen LogP contribution is -2.46. The summed E-state index contributed by atoms with van der Waals surface area (Å²) in [5.74, 6) is 0. The first kappa shape index (κ1) is 17.8.